The molecule has 14 heavy (non-hydrogen) atoms. The topological polar surface area (TPSA) is 50.4 Å². The fourth-order valence-corrected chi connectivity index (χ4v) is 1.58. The van der Waals surface area contributed by atoms with Gasteiger partial charge in [-0.15, -0.1) is 0 Å². The van der Waals surface area contributed by atoms with E-state index in [0.29, 0.717) is 0 Å². The van der Waals surface area contributed by atoms with E-state index in [0.717, 1.165) is 12.8 Å². The van der Waals surface area contributed by atoms with Crippen LogP contribution < -0.4 is 11.1 Å². The van der Waals surface area contributed by atoms with Crippen molar-refractivity contribution in [2.45, 2.75) is 45.9 Å². The Kier molecular flexibility index (Phi) is 5.20. The molecule has 0 amide bonds. The van der Waals surface area contributed by atoms with E-state index >= 15 is 0 Å². The molecule has 1 atom stereocenters. The lowest BCUT2D eigenvalue weighted by Gasteiger charge is -2.32. The summed E-state index contributed by atoms with van der Waals surface area (Å²) in [7, 11) is 3.58. The van der Waals surface area contributed by atoms with Crippen LogP contribution in [0.5, 0.6) is 0 Å². The molecular formula is C10H23BN3. The van der Waals surface area contributed by atoms with Crippen molar-refractivity contribution in [2.24, 2.45) is 16.2 Å². The SMILES string of the molecule is CCC(C)(/C=N\NC)CC(C)(C)[B]N. The molecule has 0 aliphatic carbocycles. The molecule has 0 aliphatic heterocycles. The van der Waals surface area contributed by atoms with Crippen molar-refractivity contribution >= 4 is 13.6 Å². The summed E-state index contributed by atoms with van der Waals surface area (Å²) in [6.45, 7) is 8.68. The van der Waals surface area contributed by atoms with Gasteiger partial charge in [0.15, 0.2) is 0 Å². The molecule has 1 radical (unpaired) electrons. The lowest BCUT2D eigenvalue weighted by Crippen LogP contribution is -2.30. The minimum absolute atomic E-state index is 0.0600. The quantitative estimate of drug-likeness (QED) is 0.386. The first-order valence-corrected chi connectivity index (χ1v) is 5.16. The molecule has 0 saturated heterocycles. The summed E-state index contributed by atoms with van der Waals surface area (Å²) in [6.07, 6.45) is 4.06. The molecule has 0 heterocycles. The van der Waals surface area contributed by atoms with E-state index in [1.165, 1.54) is 0 Å². The van der Waals surface area contributed by atoms with Gasteiger partial charge >= 0.3 is 0 Å². The van der Waals surface area contributed by atoms with Crippen molar-refractivity contribution in [2.75, 3.05) is 7.05 Å². The number of hydrogen-bond acceptors (Lipinski definition) is 3. The van der Waals surface area contributed by atoms with Crippen LogP contribution in [0.4, 0.5) is 0 Å². The number of hydrogen-bond donors (Lipinski definition) is 2. The maximum Gasteiger partial charge on any atom is 0.208 e. The smallest absolute Gasteiger partial charge is 0.208 e. The molecule has 0 aromatic carbocycles. The monoisotopic (exact) mass is 196 g/mol. The lowest BCUT2D eigenvalue weighted by molar-refractivity contribution is 0.365. The highest BCUT2D eigenvalue weighted by molar-refractivity contribution is 6.35. The Morgan fingerprint density at radius 1 is 1.43 bits per heavy atom. The van der Waals surface area contributed by atoms with Crippen molar-refractivity contribution < 1.29 is 0 Å². The molecule has 81 valence electrons. The molecule has 4 heteroatoms. The standard InChI is InChI=1S/C10H23BN3/c1-6-10(4,8-14-13-5)7-9(2,3)11-12/h8,13H,6-7,12H2,1-5H3/b14-8-. The van der Waals surface area contributed by atoms with E-state index in [2.05, 4.69) is 38.2 Å². The fraction of sp³-hybridized carbons (Fsp3) is 0.900. The van der Waals surface area contributed by atoms with Crippen molar-refractivity contribution in [3.63, 3.8) is 0 Å². The van der Waals surface area contributed by atoms with Crippen molar-refractivity contribution in [1.82, 2.24) is 5.43 Å². The Morgan fingerprint density at radius 2 is 2.00 bits per heavy atom. The molecule has 0 aliphatic rings. The largest absolute Gasteiger partial charge is 0.374 e. The molecule has 0 fully saturated rings. The second-order valence-electron chi connectivity index (χ2n) is 4.82. The predicted octanol–water partition coefficient (Wildman–Crippen LogP) is 1.77. The lowest BCUT2D eigenvalue weighted by atomic mass is 9.57. The summed E-state index contributed by atoms with van der Waals surface area (Å²) in [5.41, 5.74) is 8.51. The van der Waals surface area contributed by atoms with Crippen LogP contribution in [0.1, 0.15) is 40.5 Å². The van der Waals surface area contributed by atoms with E-state index in [-0.39, 0.29) is 10.7 Å². The van der Waals surface area contributed by atoms with E-state index < -0.39 is 0 Å². The van der Waals surface area contributed by atoms with Crippen LogP contribution in [0.15, 0.2) is 5.10 Å². The Balaban J connectivity index is 4.46. The van der Waals surface area contributed by atoms with Gasteiger partial charge in [0.05, 0.1) is 0 Å². The summed E-state index contributed by atoms with van der Waals surface area (Å²) in [5, 5.41) is 4.16. The number of nitrogens with one attached hydrogen (secondary N) is 1. The normalized spacial score (nSPS) is 16.7. The van der Waals surface area contributed by atoms with Gasteiger partial charge in [0, 0.05) is 18.7 Å². The van der Waals surface area contributed by atoms with Gasteiger partial charge in [0.2, 0.25) is 7.41 Å². The van der Waals surface area contributed by atoms with Crippen LogP contribution in [0.2, 0.25) is 5.31 Å². The molecule has 0 rings (SSSR count). The Hall–Kier alpha value is -0.505. The summed E-state index contributed by atoms with van der Waals surface area (Å²) >= 11 is 0. The average molecular weight is 196 g/mol. The van der Waals surface area contributed by atoms with Gasteiger partial charge in [-0.25, -0.2) is 0 Å². The number of nitrogens with two attached hydrogens (primary N) is 1. The number of nitrogens with zero attached hydrogens (tertiary/aromatic N) is 1. The van der Waals surface area contributed by atoms with Gasteiger partial charge < -0.3 is 11.1 Å². The van der Waals surface area contributed by atoms with Crippen molar-refractivity contribution in [3.05, 3.63) is 0 Å². The Labute approximate surface area is 88.8 Å². The highest BCUT2D eigenvalue weighted by Gasteiger charge is 2.29. The molecule has 0 bridgehead atoms. The maximum atomic E-state index is 5.61. The zero-order valence-corrected chi connectivity index (χ0v) is 10.1. The maximum absolute atomic E-state index is 5.61. The molecule has 0 saturated carbocycles. The third-order valence-corrected chi connectivity index (χ3v) is 2.62. The van der Waals surface area contributed by atoms with Gasteiger partial charge in [0.1, 0.15) is 0 Å². The molecule has 0 spiro atoms. The fourth-order valence-electron chi connectivity index (χ4n) is 1.58. The van der Waals surface area contributed by atoms with Crippen LogP contribution in [0.3, 0.4) is 0 Å². The van der Waals surface area contributed by atoms with Gasteiger partial charge in [-0.1, -0.05) is 27.7 Å². The minimum Gasteiger partial charge on any atom is -0.374 e. The van der Waals surface area contributed by atoms with Gasteiger partial charge in [-0.05, 0) is 18.2 Å². The molecule has 0 aromatic rings. The Bertz CT molecular complexity index is 192. The van der Waals surface area contributed by atoms with Gasteiger partial charge in [-0.3, -0.25) is 0 Å². The molecule has 0 aromatic heterocycles. The zero-order chi connectivity index (χ0) is 11.2. The average Bonchev–Trinajstić information content (AvgIpc) is 2.14. The molecule has 3 N–H and O–H groups in total. The summed E-state index contributed by atoms with van der Waals surface area (Å²) in [5.74, 6) is 0. The van der Waals surface area contributed by atoms with E-state index in [1.807, 2.05) is 13.3 Å². The van der Waals surface area contributed by atoms with Crippen LogP contribution >= 0.6 is 0 Å². The summed E-state index contributed by atoms with van der Waals surface area (Å²) in [6, 6.07) is 0. The van der Waals surface area contributed by atoms with Crippen molar-refractivity contribution in [3.8, 4) is 0 Å². The van der Waals surface area contributed by atoms with E-state index in [1.54, 1.807) is 7.41 Å². The summed E-state index contributed by atoms with van der Waals surface area (Å²) in [4.78, 5) is 0. The number of rotatable bonds is 6. The second kappa shape index (κ2) is 5.39. The third-order valence-electron chi connectivity index (χ3n) is 2.62. The number of hydrazone groups is 1. The first kappa shape index (κ1) is 13.5. The second-order valence-corrected chi connectivity index (χ2v) is 4.82. The molecular weight excluding hydrogens is 173 g/mol. The highest BCUT2D eigenvalue weighted by atomic mass is 15.3. The molecule has 1 unspecified atom stereocenters. The van der Waals surface area contributed by atoms with Gasteiger partial charge in [-0.2, -0.15) is 5.10 Å². The van der Waals surface area contributed by atoms with Crippen LogP contribution in [-0.2, 0) is 0 Å². The summed E-state index contributed by atoms with van der Waals surface area (Å²) < 4.78 is 0. The van der Waals surface area contributed by atoms with Crippen LogP contribution in [0.25, 0.3) is 0 Å². The Morgan fingerprint density at radius 3 is 2.36 bits per heavy atom. The minimum atomic E-state index is 0.0600. The van der Waals surface area contributed by atoms with Gasteiger partial charge in [0.25, 0.3) is 0 Å². The van der Waals surface area contributed by atoms with Crippen LogP contribution in [-0.4, -0.2) is 20.7 Å². The van der Waals surface area contributed by atoms with E-state index in [4.69, 9.17) is 5.64 Å². The van der Waals surface area contributed by atoms with Crippen LogP contribution in [0, 0.1) is 5.41 Å². The predicted molar refractivity (Wildman–Crippen MR) is 64.5 cm³/mol. The van der Waals surface area contributed by atoms with E-state index in [9.17, 15) is 0 Å². The first-order valence-electron chi connectivity index (χ1n) is 5.16. The van der Waals surface area contributed by atoms with Crippen molar-refractivity contribution in [1.29, 1.82) is 0 Å². The first-order chi connectivity index (χ1) is 6.39. The third kappa shape index (κ3) is 4.65. The highest BCUT2D eigenvalue weighted by Crippen LogP contribution is 2.38. The molecule has 3 nitrogen and oxygen atoms in total. The zero-order valence-electron chi connectivity index (χ0n) is 10.1.